The number of carboxylic acid groups (broad SMARTS) is 1. The lowest BCUT2D eigenvalue weighted by atomic mass is 10.1. The Morgan fingerprint density at radius 3 is 2.35 bits per heavy atom. The number of nitrogens with one attached hydrogen (secondary N) is 5. The first kappa shape index (κ1) is 29.0. The Labute approximate surface area is 212 Å². The third kappa shape index (κ3) is 10.1. The molecule has 1 saturated heterocycles. The van der Waals surface area contributed by atoms with Crippen LogP contribution in [0.25, 0.3) is 0 Å². The Hall–Kier alpha value is -4.21. The molecule has 0 aliphatic carbocycles. The Morgan fingerprint density at radius 2 is 1.78 bits per heavy atom. The zero-order chi connectivity index (χ0) is 27.4. The standard InChI is InChI=1S/C21H34N10O6/c22-16(32)8-14(30-17(33)12-3-1-5-26-12)19(35)29-13(4-2-6-27-21(23)24)18(34)31-15(20(36)37)7-11-9-25-10-28-11/h9-10,12-15,26H,1-8H2,(H2,22,32)(H,25,28)(H,29,35)(H,30,33)(H,31,34)(H,36,37)(H4,23,24,27). The molecule has 37 heavy (non-hydrogen) atoms. The average Bonchev–Trinajstić information content (AvgIpc) is 3.54. The van der Waals surface area contributed by atoms with Crippen LogP contribution in [0.2, 0.25) is 0 Å². The van der Waals surface area contributed by atoms with E-state index in [0.29, 0.717) is 18.7 Å². The first-order chi connectivity index (χ1) is 17.6. The molecule has 1 aromatic rings. The van der Waals surface area contributed by atoms with Crippen LogP contribution in [0.1, 0.15) is 37.8 Å². The van der Waals surface area contributed by atoms with Gasteiger partial charge in [0.25, 0.3) is 0 Å². The van der Waals surface area contributed by atoms with E-state index in [9.17, 15) is 29.1 Å². The number of carboxylic acids is 1. The van der Waals surface area contributed by atoms with Crippen LogP contribution in [0.5, 0.6) is 0 Å². The number of carbonyl (C=O) groups excluding carboxylic acids is 4. The van der Waals surface area contributed by atoms with E-state index in [4.69, 9.17) is 17.2 Å². The monoisotopic (exact) mass is 522 g/mol. The highest BCUT2D eigenvalue weighted by atomic mass is 16.4. The lowest BCUT2D eigenvalue weighted by Crippen LogP contribution is -2.57. The van der Waals surface area contributed by atoms with E-state index in [2.05, 4.69) is 36.2 Å². The molecule has 1 aliphatic heterocycles. The fourth-order valence-electron chi connectivity index (χ4n) is 3.72. The second kappa shape index (κ2) is 14.4. The molecule has 0 saturated carbocycles. The van der Waals surface area contributed by atoms with Crippen LogP contribution in [0.15, 0.2) is 17.5 Å². The molecule has 16 nitrogen and oxygen atoms in total. The number of hydrogen-bond acceptors (Lipinski definition) is 8. The quantitative estimate of drug-likeness (QED) is 0.0614. The van der Waals surface area contributed by atoms with E-state index in [1.807, 2.05) is 0 Å². The van der Waals surface area contributed by atoms with Crippen molar-refractivity contribution in [3.8, 4) is 0 Å². The van der Waals surface area contributed by atoms with Crippen molar-refractivity contribution in [3.63, 3.8) is 0 Å². The third-order valence-electron chi connectivity index (χ3n) is 5.59. The maximum Gasteiger partial charge on any atom is 0.326 e. The fourth-order valence-corrected chi connectivity index (χ4v) is 3.72. The Balaban J connectivity index is 2.13. The number of H-pyrrole nitrogens is 1. The molecule has 12 N–H and O–H groups in total. The van der Waals surface area contributed by atoms with Gasteiger partial charge < -0.3 is 48.6 Å². The van der Waals surface area contributed by atoms with Gasteiger partial charge in [-0.15, -0.1) is 0 Å². The van der Waals surface area contributed by atoms with Gasteiger partial charge in [0.1, 0.15) is 18.1 Å². The summed E-state index contributed by atoms with van der Waals surface area (Å²) in [5.74, 6) is -4.37. The van der Waals surface area contributed by atoms with Gasteiger partial charge in [0.05, 0.1) is 18.8 Å². The Kier molecular flexibility index (Phi) is 11.3. The van der Waals surface area contributed by atoms with Gasteiger partial charge in [-0.25, -0.2) is 9.78 Å². The van der Waals surface area contributed by atoms with Crippen LogP contribution in [-0.4, -0.2) is 87.9 Å². The molecule has 4 unspecified atom stereocenters. The maximum absolute atomic E-state index is 13.0. The van der Waals surface area contributed by atoms with E-state index in [0.717, 1.165) is 6.42 Å². The summed E-state index contributed by atoms with van der Waals surface area (Å²) >= 11 is 0. The number of hydrogen-bond donors (Lipinski definition) is 9. The molecule has 4 atom stereocenters. The molecule has 1 aromatic heterocycles. The second-order valence-electron chi connectivity index (χ2n) is 8.57. The topological polar surface area (TPSA) is 273 Å². The molecule has 0 spiro atoms. The molecule has 4 amide bonds. The van der Waals surface area contributed by atoms with E-state index in [1.165, 1.54) is 12.5 Å². The highest BCUT2D eigenvalue weighted by Gasteiger charge is 2.32. The number of carbonyl (C=O) groups is 5. The van der Waals surface area contributed by atoms with Gasteiger partial charge in [0.15, 0.2) is 5.96 Å². The summed E-state index contributed by atoms with van der Waals surface area (Å²) < 4.78 is 0. The van der Waals surface area contributed by atoms with Crippen LogP contribution in [0, 0.1) is 0 Å². The lowest BCUT2D eigenvalue weighted by Gasteiger charge is -2.24. The van der Waals surface area contributed by atoms with Crippen molar-refractivity contribution >= 4 is 35.6 Å². The molecule has 1 fully saturated rings. The van der Waals surface area contributed by atoms with Gasteiger partial charge in [0.2, 0.25) is 23.6 Å². The van der Waals surface area contributed by atoms with Gasteiger partial charge in [0, 0.05) is 24.9 Å². The van der Waals surface area contributed by atoms with Crippen molar-refractivity contribution < 1.29 is 29.1 Å². The van der Waals surface area contributed by atoms with Crippen LogP contribution in [-0.2, 0) is 30.4 Å². The number of imidazole rings is 1. The number of aliphatic carboxylic acids is 1. The molecule has 2 heterocycles. The average molecular weight is 523 g/mol. The zero-order valence-corrected chi connectivity index (χ0v) is 20.2. The molecule has 0 radical (unpaired) electrons. The van der Waals surface area contributed by atoms with Gasteiger partial charge >= 0.3 is 5.97 Å². The number of aromatic nitrogens is 2. The summed E-state index contributed by atoms with van der Waals surface area (Å²) in [6.45, 7) is 0.791. The van der Waals surface area contributed by atoms with Crippen LogP contribution < -0.4 is 38.5 Å². The summed E-state index contributed by atoms with van der Waals surface area (Å²) in [5, 5.41) is 19.9. The van der Waals surface area contributed by atoms with E-state index < -0.39 is 60.2 Å². The van der Waals surface area contributed by atoms with Gasteiger partial charge in [-0.1, -0.05) is 0 Å². The number of aliphatic imine (C=N–C) groups is 1. The normalized spacial score (nSPS) is 17.1. The molecule has 16 heteroatoms. The predicted octanol–water partition coefficient (Wildman–Crippen LogP) is -3.83. The molecule has 1 aliphatic rings. The number of nitrogens with zero attached hydrogens (tertiary/aromatic N) is 2. The molecule has 0 aromatic carbocycles. The summed E-state index contributed by atoms with van der Waals surface area (Å²) in [5.41, 5.74) is 16.4. The van der Waals surface area contributed by atoms with Crippen LogP contribution in [0.3, 0.4) is 0 Å². The Morgan fingerprint density at radius 1 is 1.08 bits per heavy atom. The second-order valence-corrected chi connectivity index (χ2v) is 8.57. The number of nitrogens with two attached hydrogens (primary N) is 3. The lowest BCUT2D eigenvalue weighted by molar-refractivity contribution is -0.142. The highest BCUT2D eigenvalue weighted by molar-refractivity contribution is 5.96. The number of aromatic amines is 1. The fraction of sp³-hybridized carbons (Fsp3) is 0.571. The van der Waals surface area contributed by atoms with Gasteiger partial charge in [-0.3, -0.25) is 24.2 Å². The number of guanidine groups is 1. The summed E-state index contributed by atoms with van der Waals surface area (Å²) in [4.78, 5) is 72.3. The van der Waals surface area contributed by atoms with Gasteiger partial charge in [-0.2, -0.15) is 0 Å². The molecule has 0 bridgehead atoms. The van der Waals surface area contributed by atoms with Crippen molar-refractivity contribution in [1.82, 2.24) is 31.2 Å². The van der Waals surface area contributed by atoms with Crippen molar-refractivity contribution in [3.05, 3.63) is 18.2 Å². The van der Waals surface area contributed by atoms with Gasteiger partial charge in [-0.05, 0) is 32.2 Å². The van der Waals surface area contributed by atoms with E-state index >= 15 is 0 Å². The minimum absolute atomic E-state index is 0.0339. The van der Waals surface area contributed by atoms with Crippen molar-refractivity contribution in [1.29, 1.82) is 0 Å². The van der Waals surface area contributed by atoms with Crippen molar-refractivity contribution in [2.24, 2.45) is 22.2 Å². The Bertz CT molecular complexity index is 972. The molecule has 2 rings (SSSR count). The number of rotatable bonds is 15. The number of primary amides is 1. The van der Waals surface area contributed by atoms with Crippen LogP contribution in [0.4, 0.5) is 0 Å². The zero-order valence-electron chi connectivity index (χ0n) is 20.2. The third-order valence-corrected chi connectivity index (χ3v) is 5.59. The largest absolute Gasteiger partial charge is 0.480 e. The van der Waals surface area contributed by atoms with E-state index in [-0.39, 0.29) is 31.8 Å². The molecular weight excluding hydrogens is 488 g/mol. The predicted molar refractivity (Wildman–Crippen MR) is 130 cm³/mol. The van der Waals surface area contributed by atoms with E-state index in [1.54, 1.807) is 0 Å². The minimum atomic E-state index is -1.33. The molecular formula is C21H34N10O6. The smallest absolute Gasteiger partial charge is 0.326 e. The SMILES string of the molecule is NC(=O)CC(NC(=O)C1CCCN1)C(=O)NC(CCCN=C(N)N)C(=O)NC(Cc1cnc[nH]1)C(=O)O. The summed E-state index contributed by atoms with van der Waals surface area (Å²) in [7, 11) is 0. The highest BCUT2D eigenvalue weighted by Crippen LogP contribution is 2.07. The molecule has 204 valence electrons. The van der Waals surface area contributed by atoms with Crippen molar-refractivity contribution in [2.75, 3.05) is 13.1 Å². The summed E-state index contributed by atoms with van der Waals surface area (Å²) in [6, 6.07) is -4.39. The first-order valence-corrected chi connectivity index (χ1v) is 11.7. The minimum Gasteiger partial charge on any atom is -0.480 e. The van der Waals surface area contributed by atoms with Crippen molar-refractivity contribution in [2.45, 2.75) is 62.7 Å². The summed E-state index contributed by atoms with van der Waals surface area (Å²) in [6.07, 6.45) is 3.86. The first-order valence-electron chi connectivity index (χ1n) is 11.7. The number of amides is 4. The maximum atomic E-state index is 13.0. The van der Waals surface area contributed by atoms with Crippen LogP contribution >= 0.6 is 0 Å².